The van der Waals surface area contributed by atoms with Crippen LogP contribution in [-0.2, 0) is 15.8 Å². The van der Waals surface area contributed by atoms with E-state index in [2.05, 4.69) is 39.0 Å². The predicted molar refractivity (Wildman–Crippen MR) is 156 cm³/mol. The quantitative estimate of drug-likeness (QED) is 0.225. The fourth-order valence-electron chi connectivity index (χ4n) is 3.56. The van der Waals surface area contributed by atoms with E-state index in [-0.39, 0.29) is 5.91 Å². The summed E-state index contributed by atoms with van der Waals surface area (Å²) in [5.41, 5.74) is 2.55. The molecule has 0 aliphatic rings. The molecule has 0 atom stereocenters. The molecular formula is C28H31ClN5O3P. The van der Waals surface area contributed by atoms with Crippen LogP contribution in [0.25, 0.3) is 0 Å². The van der Waals surface area contributed by atoms with Gasteiger partial charge in [-0.1, -0.05) is 42.2 Å². The highest BCUT2D eigenvalue weighted by atomic mass is 35.5. The minimum Gasteiger partial charge on any atom is -0.496 e. The summed E-state index contributed by atoms with van der Waals surface area (Å²) < 4.78 is 18.4. The highest BCUT2D eigenvalue weighted by molar-refractivity contribution is 7.70. The van der Waals surface area contributed by atoms with E-state index in [4.69, 9.17) is 16.3 Å². The molecule has 3 aromatic rings. The molecule has 0 aliphatic heterocycles. The molecule has 8 nitrogen and oxygen atoms in total. The number of carbonyl (C=O) groups excluding carboxylic acids is 1. The first-order valence-electron chi connectivity index (χ1n) is 11.7. The molecule has 0 unspecified atom stereocenters. The van der Waals surface area contributed by atoms with E-state index in [1.807, 2.05) is 43.3 Å². The van der Waals surface area contributed by atoms with Crippen molar-refractivity contribution in [3.63, 3.8) is 0 Å². The standard InChI is InChI=1S/C28H31ClN5O3P/c1-7-27(35)31-23-15-20(24(37-4)16-19(23)11-10-14-34(2)3)17-26-30-18-21(29)28(33-26)32-22-12-8-9-13-25(22)38(5,6)36/h7-9,12-13,15-16,18H,1,14,17H2,2-6H3,(H,31,35)(H,30,32,33). The second kappa shape index (κ2) is 12.7. The highest BCUT2D eigenvalue weighted by Gasteiger charge is 2.18. The Hall–Kier alpha value is -3.63. The molecule has 1 heterocycles. The van der Waals surface area contributed by atoms with Gasteiger partial charge >= 0.3 is 0 Å². The summed E-state index contributed by atoms with van der Waals surface area (Å²) in [5, 5.41) is 7.05. The molecule has 0 spiro atoms. The number of ether oxygens (including phenoxy) is 1. The van der Waals surface area contributed by atoms with Crippen LogP contribution in [0.4, 0.5) is 17.2 Å². The van der Waals surface area contributed by atoms with Crippen LogP contribution in [0.5, 0.6) is 5.75 Å². The number of para-hydroxylation sites is 1. The number of amides is 1. The van der Waals surface area contributed by atoms with Gasteiger partial charge in [0.25, 0.3) is 0 Å². The minimum atomic E-state index is -2.54. The lowest BCUT2D eigenvalue weighted by molar-refractivity contribution is -0.111. The van der Waals surface area contributed by atoms with Crippen molar-refractivity contribution in [3.8, 4) is 17.6 Å². The van der Waals surface area contributed by atoms with Crippen LogP contribution >= 0.6 is 18.7 Å². The Morgan fingerprint density at radius 2 is 1.97 bits per heavy atom. The molecule has 38 heavy (non-hydrogen) atoms. The Bertz CT molecular complexity index is 1460. The van der Waals surface area contributed by atoms with Gasteiger partial charge < -0.3 is 19.9 Å². The maximum Gasteiger partial charge on any atom is 0.247 e. The van der Waals surface area contributed by atoms with Gasteiger partial charge in [-0.2, -0.15) is 0 Å². The van der Waals surface area contributed by atoms with E-state index in [0.717, 1.165) is 5.56 Å². The fraction of sp³-hybridized carbons (Fsp3) is 0.250. The van der Waals surface area contributed by atoms with Crippen LogP contribution in [0.2, 0.25) is 5.02 Å². The molecule has 2 aromatic carbocycles. The second-order valence-electron chi connectivity index (χ2n) is 9.10. The van der Waals surface area contributed by atoms with Gasteiger partial charge in [0.2, 0.25) is 5.91 Å². The first kappa shape index (κ1) is 28.9. The van der Waals surface area contributed by atoms with E-state index in [0.29, 0.717) is 57.6 Å². The monoisotopic (exact) mass is 551 g/mol. The molecule has 0 aliphatic carbocycles. The molecular weight excluding hydrogens is 521 g/mol. The second-order valence-corrected chi connectivity index (χ2v) is 12.7. The van der Waals surface area contributed by atoms with Crippen LogP contribution in [0.1, 0.15) is 17.0 Å². The number of halogens is 1. The number of hydrogen-bond donors (Lipinski definition) is 2. The lowest BCUT2D eigenvalue weighted by Crippen LogP contribution is -2.12. The maximum absolute atomic E-state index is 12.8. The molecule has 0 saturated heterocycles. The molecule has 198 valence electrons. The zero-order valence-electron chi connectivity index (χ0n) is 22.1. The van der Waals surface area contributed by atoms with Crippen LogP contribution in [0.3, 0.4) is 0 Å². The maximum atomic E-state index is 12.8. The van der Waals surface area contributed by atoms with Gasteiger partial charge in [-0.3, -0.25) is 9.69 Å². The van der Waals surface area contributed by atoms with Crippen molar-refractivity contribution >= 4 is 47.1 Å². The molecule has 2 N–H and O–H groups in total. The van der Waals surface area contributed by atoms with Gasteiger partial charge in [0.1, 0.15) is 23.7 Å². The first-order chi connectivity index (χ1) is 18.0. The van der Waals surface area contributed by atoms with Crippen LogP contribution < -0.4 is 20.7 Å². The average molecular weight is 552 g/mol. The highest BCUT2D eigenvalue weighted by Crippen LogP contribution is 2.38. The summed E-state index contributed by atoms with van der Waals surface area (Å²) in [5.74, 6) is 7.26. The average Bonchev–Trinajstić information content (AvgIpc) is 2.86. The molecule has 1 amide bonds. The third-order valence-corrected chi connectivity index (χ3v) is 7.19. The number of hydrogen-bond acceptors (Lipinski definition) is 7. The largest absolute Gasteiger partial charge is 0.496 e. The SMILES string of the molecule is C=CC(=O)Nc1cc(Cc2ncc(Cl)c(Nc3ccccc3P(C)(C)=O)n2)c(OC)cc1C#CCN(C)C. The van der Waals surface area contributed by atoms with Gasteiger partial charge in [0, 0.05) is 17.3 Å². The van der Waals surface area contributed by atoms with Gasteiger partial charge in [-0.05, 0) is 57.8 Å². The Morgan fingerprint density at radius 3 is 2.63 bits per heavy atom. The Kier molecular flexibility index (Phi) is 9.71. The Balaban J connectivity index is 1.99. The van der Waals surface area contributed by atoms with Crippen LogP contribution in [0, 0.1) is 11.8 Å². The lowest BCUT2D eigenvalue weighted by atomic mass is 10.0. The third kappa shape index (κ3) is 7.69. The molecule has 3 rings (SSSR count). The van der Waals surface area contributed by atoms with Gasteiger partial charge in [-0.25, -0.2) is 9.97 Å². The summed E-state index contributed by atoms with van der Waals surface area (Å²) in [6, 6.07) is 10.9. The topological polar surface area (TPSA) is 96.5 Å². The van der Waals surface area contributed by atoms with Crippen molar-refractivity contribution in [3.05, 3.63) is 77.2 Å². The van der Waals surface area contributed by atoms with Crippen molar-refractivity contribution in [2.24, 2.45) is 0 Å². The van der Waals surface area contributed by atoms with Gasteiger partial charge in [0.15, 0.2) is 5.82 Å². The molecule has 10 heteroatoms. The zero-order valence-corrected chi connectivity index (χ0v) is 23.8. The van der Waals surface area contributed by atoms with Crippen LogP contribution in [0.15, 0.2) is 55.3 Å². The summed E-state index contributed by atoms with van der Waals surface area (Å²) in [6.45, 7) is 7.52. The number of aromatic nitrogens is 2. The zero-order chi connectivity index (χ0) is 27.9. The van der Waals surface area contributed by atoms with Crippen molar-refractivity contribution in [2.75, 3.05) is 51.7 Å². The Morgan fingerprint density at radius 1 is 1.24 bits per heavy atom. The predicted octanol–water partition coefficient (Wildman–Crippen LogP) is 4.76. The number of carbonyl (C=O) groups is 1. The van der Waals surface area contributed by atoms with Gasteiger partial charge in [0.05, 0.1) is 36.8 Å². The third-order valence-electron chi connectivity index (χ3n) is 5.36. The minimum absolute atomic E-state index is 0.291. The molecule has 0 saturated carbocycles. The van der Waals surface area contributed by atoms with E-state index in [9.17, 15) is 9.36 Å². The first-order valence-corrected chi connectivity index (χ1v) is 14.7. The van der Waals surface area contributed by atoms with Crippen molar-refractivity contribution in [1.29, 1.82) is 0 Å². The van der Waals surface area contributed by atoms with E-state index in [1.54, 1.807) is 32.6 Å². The number of methoxy groups -OCH3 is 1. The summed E-state index contributed by atoms with van der Waals surface area (Å²) >= 11 is 6.41. The van der Waals surface area contributed by atoms with Crippen molar-refractivity contribution < 1.29 is 14.1 Å². The van der Waals surface area contributed by atoms with Gasteiger partial charge in [-0.15, -0.1) is 0 Å². The summed E-state index contributed by atoms with van der Waals surface area (Å²) in [7, 11) is 2.88. The smallest absolute Gasteiger partial charge is 0.247 e. The molecule has 0 bridgehead atoms. The number of anilines is 3. The lowest BCUT2D eigenvalue weighted by Gasteiger charge is -2.16. The van der Waals surface area contributed by atoms with E-state index >= 15 is 0 Å². The normalized spacial score (nSPS) is 10.9. The number of rotatable bonds is 9. The number of benzene rings is 2. The van der Waals surface area contributed by atoms with Crippen LogP contribution in [-0.4, -0.2) is 61.9 Å². The number of nitrogens with one attached hydrogen (secondary N) is 2. The molecule has 0 radical (unpaired) electrons. The molecule has 1 aromatic heterocycles. The van der Waals surface area contributed by atoms with Crippen molar-refractivity contribution in [2.45, 2.75) is 6.42 Å². The van der Waals surface area contributed by atoms with E-state index < -0.39 is 7.14 Å². The summed E-state index contributed by atoms with van der Waals surface area (Å²) in [6.07, 6.45) is 3.00. The number of nitrogens with zero attached hydrogens (tertiary/aromatic N) is 3. The molecule has 0 fully saturated rings. The van der Waals surface area contributed by atoms with Crippen molar-refractivity contribution in [1.82, 2.24) is 14.9 Å². The Labute approximate surface area is 228 Å². The fourth-order valence-corrected chi connectivity index (χ4v) is 4.85. The summed E-state index contributed by atoms with van der Waals surface area (Å²) in [4.78, 5) is 23.1. The van der Waals surface area contributed by atoms with E-state index in [1.165, 1.54) is 12.3 Å².